The number of benzene rings is 2. The number of piperazine rings is 1. The van der Waals surface area contributed by atoms with Gasteiger partial charge in [-0.25, -0.2) is 4.39 Å². The maximum Gasteiger partial charge on any atom is 0.416 e. The molecule has 31 heavy (non-hydrogen) atoms. The SMILES string of the molecule is O=c1nc(N2CCN(c3ccccc3F)CC2)sc2c([N+](=O)[O-])cc(C(F)(F)F)cc12. The highest BCUT2D eigenvalue weighted by Crippen LogP contribution is 2.38. The van der Waals surface area contributed by atoms with Crippen LogP contribution in [0.15, 0.2) is 41.2 Å². The minimum atomic E-state index is -4.84. The molecule has 162 valence electrons. The Labute approximate surface area is 176 Å². The van der Waals surface area contributed by atoms with Crippen LogP contribution in [0.3, 0.4) is 0 Å². The van der Waals surface area contributed by atoms with E-state index in [1.807, 2.05) is 4.90 Å². The lowest BCUT2D eigenvalue weighted by molar-refractivity contribution is -0.383. The standard InChI is InChI=1S/C19H14F4N4O3S/c20-13-3-1-2-4-14(13)25-5-7-26(8-6-25)18-24-17(28)12-9-11(19(21,22)23)10-15(27(29)30)16(12)31-18/h1-4,9-10H,5-8H2. The van der Waals surface area contributed by atoms with E-state index in [2.05, 4.69) is 4.98 Å². The molecule has 0 atom stereocenters. The number of alkyl halides is 3. The van der Waals surface area contributed by atoms with Gasteiger partial charge in [-0.3, -0.25) is 14.9 Å². The third-order valence-electron chi connectivity index (χ3n) is 4.96. The predicted octanol–water partition coefficient (Wildman–Crippen LogP) is 4.05. The maximum atomic E-state index is 14.0. The summed E-state index contributed by atoms with van der Waals surface area (Å²) in [6, 6.07) is 7.33. The van der Waals surface area contributed by atoms with Gasteiger partial charge in [0.05, 0.1) is 21.6 Å². The second-order valence-corrected chi connectivity index (χ2v) is 7.83. The molecule has 0 N–H and O–H groups in total. The van der Waals surface area contributed by atoms with E-state index in [1.54, 1.807) is 23.1 Å². The maximum absolute atomic E-state index is 14.0. The lowest BCUT2D eigenvalue weighted by Crippen LogP contribution is -2.47. The van der Waals surface area contributed by atoms with E-state index in [1.165, 1.54) is 6.07 Å². The molecule has 12 heteroatoms. The highest BCUT2D eigenvalue weighted by molar-refractivity contribution is 7.22. The molecule has 0 unspecified atom stereocenters. The van der Waals surface area contributed by atoms with Gasteiger partial charge < -0.3 is 9.80 Å². The molecule has 3 aromatic rings. The number of aromatic nitrogens is 1. The van der Waals surface area contributed by atoms with Gasteiger partial charge in [0.15, 0.2) is 5.13 Å². The van der Waals surface area contributed by atoms with Gasteiger partial charge in [0, 0.05) is 32.2 Å². The van der Waals surface area contributed by atoms with Gasteiger partial charge in [0.1, 0.15) is 10.5 Å². The molecule has 4 rings (SSSR count). The summed E-state index contributed by atoms with van der Waals surface area (Å²) in [5.41, 5.74) is -2.59. The lowest BCUT2D eigenvalue weighted by atomic mass is 10.1. The molecule has 1 aliphatic heterocycles. The highest BCUT2D eigenvalue weighted by atomic mass is 32.1. The van der Waals surface area contributed by atoms with Crippen molar-refractivity contribution in [1.82, 2.24) is 4.98 Å². The van der Waals surface area contributed by atoms with Gasteiger partial charge in [-0.2, -0.15) is 18.2 Å². The number of hydrogen-bond acceptors (Lipinski definition) is 7. The van der Waals surface area contributed by atoms with Crippen LogP contribution < -0.4 is 15.4 Å². The van der Waals surface area contributed by atoms with E-state index < -0.39 is 33.3 Å². The minimum Gasteiger partial charge on any atom is -0.366 e. The summed E-state index contributed by atoms with van der Waals surface area (Å²) < 4.78 is 53.1. The summed E-state index contributed by atoms with van der Waals surface area (Å²) in [5.74, 6) is -0.361. The highest BCUT2D eigenvalue weighted by Gasteiger charge is 2.34. The van der Waals surface area contributed by atoms with E-state index in [9.17, 15) is 32.5 Å². The minimum absolute atomic E-state index is 0.162. The number of para-hydroxylation sites is 1. The van der Waals surface area contributed by atoms with Gasteiger partial charge in [0.25, 0.3) is 11.2 Å². The van der Waals surface area contributed by atoms with Crippen LogP contribution in [0.4, 0.5) is 34.1 Å². The second-order valence-electron chi connectivity index (χ2n) is 6.85. The van der Waals surface area contributed by atoms with Crippen LogP contribution in [0, 0.1) is 15.9 Å². The molecule has 2 heterocycles. The van der Waals surface area contributed by atoms with Crippen molar-refractivity contribution in [1.29, 1.82) is 0 Å². The molecule has 2 aromatic carbocycles. The number of fused-ring (bicyclic) bond motifs is 1. The predicted molar refractivity (Wildman–Crippen MR) is 108 cm³/mol. The Balaban J connectivity index is 1.68. The number of anilines is 2. The van der Waals surface area contributed by atoms with Gasteiger partial charge >= 0.3 is 6.18 Å². The van der Waals surface area contributed by atoms with Gasteiger partial charge in [0.2, 0.25) is 0 Å². The summed E-state index contributed by atoms with van der Waals surface area (Å²) >= 11 is 0.795. The van der Waals surface area contributed by atoms with Crippen molar-refractivity contribution >= 4 is 37.9 Å². The number of halogens is 4. The lowest BCUT2D eigenvalue weighted by Gasteiger charge is -2.36. The van der Waals surface area contributed by atoms with Crippen LogP contribution in [0.25, 0.3) is 10.1 Å². The van der Waals surface area contributed by atoms with Crippen molar-refractivity contribution in [3.8, 4) is 0 Å². The van der Waals surface area contributed by atoms with E-state index in [4.69, 9.17) is 0 Å². The van der Waals surface area contributed by atoms with Crippen LogP contribution in [-0.4, -0.2) is 36.1 Å². The Morgan fingerprint density at radius 3 is 2.32 bits per heavy atom. The molecule has 1 aliphatic rings. The van der Waals surface area contributed by atoms with Gasteiger partial charge in [-0.1, -0.05) is 23.5 Å². The first kappa shape index (κ1) is 21.0. The summed E-state index contributed by atoms with van der Waals surface area (Å²) in [4.78, 5) is 30.3. The number of hydrogen-bond donors (Lipinski definition) is 0. The molecule has 1 saturated heterocycles. The third-order valence-corrected chi connectivity index (χ3v) is 6.12. The zero-order chi connectivity index (χ0) is 22.3. The van der Waals surface area contributed by atoms with E-state index in [0.717, 1.165) is 11.3 Å². The summed E-state index contributed by atoms with van der Waals surface area (Å²) in [7, 11) is 0. The van der Waals surface area contributed by atoms with E-state index in [-0.39, 0.29) is 15.6 Å². The van der Waals surface area contributed by atoms with Crippen molar-refractivity contribution in [2.75, 3.05) is 36.0 Å². The Morgan fingerprint density at radius 2 is 1.71 bits per heavy atom. The van der Waals surface area contributed by atoms with Gasteiger partial charge in [-0.15, -0.1) is 0 Å². The van der Waals surface area contributed by atoms with E-state index >= 15 is 0 Å². The molecular formula is C19H14F4N4O3S. The third kappa shape index (κ3) is 4.02. The first-order chi connectivity index (χ1) is 14.6. The molecule has 7 nitrogen and oxygen atoms in total. The summed E-state index contributed by atoms with van der Waals surface area (Å²) in [6.45, 7) is 1.54. The van der Waals surface area contributed by atoms with Crippen LogP contribution in [0.2, 0.25) is 0 Å². The molecule has 0 saturated carbocycles. The molecular weight excluding hydrogens is 440 g/mol. The zero-order valence-corrected chi connectivity index (χ0v) is 16.5. The van der Waals surface area contributed by atoms with Crippen molar-refractivity contribution < 1.29 is 22.5 Å². The summed E-state index contributed by atoms with van der Waals surface area (Å²) in [5, 5.41) is 11.1. The molecule has 0 spiro atoms. The van der Waals surface area contributed by atoms with Crippen molar-refractivity contribution in [3.05, 3.63) is 68.2 Å². The topological polar surface area (TPSA) is 79.6 Å². The second kappa shape index (κ2) is 7.76. The quantitative estimate of drug-likeness (QED) is 0.338. The van der Waals surface area contributed by atoms with Crippen molar-refractivity contribution in [2.45, 2.75) is 6.18 Å². The largest absolute Gasteiger partial charge is 0.416 e. The first-order valence-electron chi connectivity index (χ1n) is 9.10. The number of rotatable bonds is 3. The Bertz CT molecular complexity index is 1220. The monoisotopic (exact) mass is 454 g/mol. The van der Waals surface area contributed by atoms with Crippen molar-refractivity contribution in [2.24, 2.45) is 0 Å². The van der Waals surface area contributed by atoms with Crippen molar-refractivity contribution in [3.63, 3.8) is 0 Å². The zero-order valence-electron chi connectivity index (χ0n) is 15.7. The Morgan fingerprint density at radius 1 is 1.06 bits per heavy atom. The molecule has 1 aromatic heterocycles. The van der Waals surface area contributed by atoms with E-state index in [0.29, 0.717) is 44.0 Å². The summed E-state index contributed by atoms with van der Waals surface area (Å²) in [6.07, 6.45) is -4.84. The average molecular weight is 454 g/mol. The number of non-ortho nitro benzene ring substituents is 1. The smallest absolute Gasteiger partial charge is 0.366 e. The number of nitrogens with zero attached hydrogens (tertiary/aromatic N) is 4. The molecule has 0 aliphatic carbocycles. The molecule has 0 radical (unpaired) electrons. The van der Waals surface area contributed by atoms with Crippen LogP contribution in [0.5, 0.6) is 0 Å². The van der Waals surface area contributed by atoms with Crippen LogP contribution in [0.1, 0.15) is 5.56 Å². The van der Waals surface area contributed by atoms with Crippen LogP contribution in [-0.2, 0) is 6.18 Å². The number of nitro groups is 1. The molecule has 0 bridgehead atoms. The normalized spacial score (nSPS) is 14.8. The Kier molecular flexibility index (Phi) is 5.25. The fraction of sp³-hybridized carbons (Fsp3) is 0.263. The fourth-order valence-electron chi connectivity index (χ4n) is 3.42. The first-order valence-corrected chi connectivity index (χ1v) is 9.91. The molecule has 1 fully saturated rings. The average Bonchev–Trinajstić information content (AvgIpc) is 2.72. The number of nitro benzene ring substituents is 1. The van der Waals surface area contributed by atoms with Crippen LogP contribution >= 0.6 is 11.3 Å². The van der Waals surface area contributed by atoms with Gasteiger partial charge in [-0.05, 0) is 18.2 Å². The Hall–Kier alpha value is -3.28. The molecule has 0 amide bonds. The fourth-order valence-corrected chi connectivity index (χ4v) is 4.54.